The van der Waals surface area contributed by atoms with Crippen LogP contribution in [-0.2, 0) is 17.0 Å². The third-order valence-corrected chi connectivity index (χ3v) is 5.81. The summed E-state index contributed by atoms with van der Waals surface area (Å²) in [6.07, 6.45) is 2.04. The van der Waals surface area contributed by atoms with Gasteiger partial charge in [0.25, 0.3) is 0 Å². The fourth-order valence-electron chi connectivity index (χ4n) is 3.82. The Labute approximate surface area is 191 Å². The highest BCUT2D eigenvalue weighted by Gasteiger charge is 2.19. The maximum Gasteiger partial charge on any atom is 0.340 e. The van der Waals surface area contributed by atoms with Gasteiger partial charge in [0.1, 0.15) is 5.82 Å². The molecule has 0 bridgehead atoms. The van der Waals surface area contributed by atoms with E-state index in [2.05, 4.69) is 22.8 Å². The van der Waals surface area contributed by atoms with Crippen molar-refractivity contribution in [3.05, 3.63) is 89.2 Å². The van der Waals surface area contributed by atoms with Crippen LogP contribution in [0.5, 0.6) is 0 Å². The second-order valence-electron chi connectivity index (χ2n) is 7.30. The number of hydrogen-bond acceptors (Lipinski definition) is 5. The molecule has 4 aromatic rings. The maximum absolute atomic E-state index is 12.6. The van der Waals surface area contributed by atoms with Crippen molar-refractivity contribution in [2.45, 2.75) is 19.2 Å². The van der Waals surface area contributed by atoms with Crippen molar-refractivity contribution in [1.82, 2.24) is 9.55 Å². The van der Waals surface area contributed by atoms with Gasteiger partial charge < -0.3 is 9.30 Å². The molecular weight excluding hydrogens is 418 g/mol. The zero-order valence-corrected chi connectivity index (χ0v) is 18.9. The summed E-state index contributed by atoms with van der Waals surface area (Å²) in [5.74, 6) is 1.33. The zero-order valence-electron chi connectivity index (χ0n) is 18.0. The van der Waals surface area contributed by atoms with E-state index in [1.807, 2.05) is 54.8 Å². The molecule has 1 aromatic heterocycles. The van der Waals surface area contributed by atoms with Crippen LogP contribution in [0.1, 0.15) is 34.2 Å². The SMILES string of the molecule is CCOC(=O)c1cccc2nc(CSC)n(Cc3ccc(-c4ccccc4C#N)cc3)c12. The van der Waals surface area contributed by atoms with Crippen LogP contribution in [0.3, 0.4) is 0 Å². The number of thioether (sulfide) groups is 1. The van der Waals surface area contributed by atoms with Gasteiger partial charge in [0.15, 0.2) is 0 Å². The molecule has 1 heterocycles. The van der Waals surface area contributed by atoms with Crippen LogP contribution < -0.4 is 0 Å². The van der Waals surface area contributed by atoms with Crippen molar-refractivity contribution >= 4 is 28.8 Å². The first kappa shape index (κ1) is 21.7. The number of ether oxygens (including phenoxy) is 1. The van der Waals surface area contributed by atoms with Crippen molar-refractivity contribution < 1.29 is 9.53 Å². The summed E-state index contributed by atoms with van der Waals surface area (Å²) >= 11 is 1.69. The molecule has 0 unspecified atom stereocenters. The van der Waals surface area contributed by atoms with Crippen LogP contribution in [0.2, 0.25) is 0 Å². The highest BCUT2D eigenvalue weighted by atomic mass is 32.2. The van der Waals surface area contributed by atoms with E-state index in [4.69, 9.17) is 9.72 Å². The molecule has 3 aromatic carbocycles. The minimum atomic E-state index is -0.335. The van der Waals surface area contributed by atoms with Gasteiger partial charge in [0, 0.05) is 6.54 Å². The Balaban J connectivity index is 1.74. The molecule has 0 aliphatic carbocycles. The van der Waals surface area contributed by atoms with Crippen molar-refractivity contribution in [3.63, 3.8) is 0 Å². The molecule has 0 aliphatic heterocycles. The van der Waals surface area contributed by atoms with Gasteiger partial charge in [-0.15, -0.1) is 0 Å². The van der Waals surface area contributed by atoms with E-state index in [1.165, 1.54) is 0 Å². The van der Waals surface area contributed by atoms with E-state index in [0.717, 1.165) is 39.3 Å². The molecule has 0 spiro atoms. The van der Waals surface area contributed by atoms with Gasteiger partial charge in [-0.1, -0.05) is 48.5 Å². The lowest BCUT2D eigenvalue weighted by molar-refractivity contribution is 0.0528. The number of rotatable bonds is 7. The average molecular weight is 442 g/mol. The minimum absolute atomic E-state index is 0.326. The standard InChI is InChI=1S/C26H23N3O2S/c1-3-31-26(30)22-9-6-10-23-25(22)29(24(28-23)17-32-2)16-18-11-13-19(14-12-18)21-8-5-4-7-20(21)15-27/h4-14H,3,16-17H2,1-2H3. The topological polar surface area (TPSA) is 67.9 Å². The fourth-order valence-corrected chi connectivity index (χ4v) is 4.30. The van der Waals surface area contributed by atoms with Crippen LogP contribution >= 0.6 is 11.8 Å². The summed E-state index contributed by atoms with van der Waals surface area (Å²) in [6.45, 7) is 2.72. The lowest BCUT2D eigenvalue weighted by atomic mass is 9.99. The minimum Gasteiger partial charge on any atom is -0.462 e. The lowest BCUT2D eigenvalue weighted by Crippen LogP contribution is -2.10. The Morgan fingerprint density at radius 3 is 2.59 bits per heavy atom. The summed E-state index contributed by atoms with van der Waals surface area (Å²) in [6, 6.07) is 23.6. The molecule has 0 radical (unpaired) electrons. The second-order valence-corrected chi connectivity index (χ2v) is 8.16. The molecule has 0 amide bonds. The Kier molecular flexibility index (Phi) is 6.58. The fraction of sp³-hybridized carbons (Fsp3) is 0.192. The van der Waals surface area contributed by atoms with E-state index in [9.17, 15) is 10.1 Å². The third kappa shape index (κ3) is 4.25. The van der Waals surface area contributed by atoms with Crippen molar-refractivity contribution in [1.29, 1.82) is 5.26 Å². The molecule has 0 fully saturated rings. The third-order valence-electron chi connectivity index (χ3n) is 5.27. The number of benzene rings is 3. The zero-order chi connectivity index (χ0) is 22.5. The van der Waals surface area contributed by atoms with Gasteiger partial charge in [-0.05, 0) is 48.1 Å². The van der Waals surface area contributed by atoms with E-state index < -0.39 is 0 Å². The van der Waals surface area contributed by atoms with E-state index in [1.54, 1.807) is 24.8 Å². The van der Waals surface area contributed by atoms with Crippen LogP contribution in [0, 0.1) is 11.3 Å². The number of carbonyl (C=O) groups excluding carboxylic acids is 1. The number of fused-ring (bicyclic) bond motifs is 1. The van der Waals surface area contributed by atoms with E-state index >= 15 is 0 Å². The molecule has 0 saturated heterocycles. The molecule has 0 atom stereocenters. The Morgan fingerprint density at radius 2 is 1.88 bits per heavy atom. The number of para-hydroxylation sites is 1. The highest BCUT2D eigenvalue weighted by molar-refractivity contribution is 7.97. The highest BCUT2D eigenvalue weighted by Crippen LogP contribution is 2.27. The number of carbonyl (C=O) groups is 1. The van der Waals surface area contributed by atoms with Gasteiger partial charge in [0.05, 0.1) is 40.6 Å². The normalized spacial score (nSPS) is 10.8. The summed E-state index contributed by atoms with van der Waals surface area (Å²) in [4.78, 5) is 17.4. The summed E-state index contributed by atoms with van der Waals surface area (Å²) < 4.78 is 7.39. The number of hydrogen-bond donors (Lipinski definition) is 0. The number of aromatic nitrogens is 2. The summed E-state index contributed by atoms with van der Waals surface area (Å²) in [5.41, 5.74) is 5.78. The van der Waals surface area contributed by atoms with Gasteiger partial charge in [-0.25, -0.2) is 9.78 Å². The lowest BCUT2D eigenvalue weighted by Gasteiger charge is -2.12. The van der Waals surface area contributed by atoms with Gasteiger partial charge in [-0.3, -0.25) is 0 Å². The van der Waals surface area contributed by atoms with Crippen molar-refractivity contribution in [3.8, 4) is 17.2 Å². The molecule has 0 N–H and O–H groups in total. The molecule has 0 aliphatic rings. The first-order valence-electron chi connectivity index (χ1n) is 10.4. The summed E-state index contributed by atoms with van der Waals surface area (Å²) in [5, 5.41) is 9.40. The van der Waals surface area contributed by atoms with E-state index in [0.29, 0.717) is 24.3 Å². The molecule has 5 nitrogen and oxygen atoms in total. The molecule has 0 saturated carbocycles. The number of esters is 1. The van der Waals surface area contributed by atoms with Crippen LogP contribution in [-0.4, -0.2) is 28.4 Å². The van der Waals surface area contributed by atoms with Crippen molar-refractivity contribution in [2.24, 2.45) is 0 Å². The largest absolute Gasteiger partial charge is 0.462 e. The molecule has 160 valence electrons. The average Bonchev–Trinajstić information content (AvgIpc) is 3.17. The monoisotopic (exact) mass is 441 g/mol. The Hall–Kier alpha value is -3.56. The predicted molar refractivity (Wildman–Crippen MR) is 129 cm³/mol. The number of nitrogens with zero attached hydrogens (tertiary/aromatic N) is 3. The molecule has 32 heavy (non-hydrogen) atoms. The smallest absolute Gasteiger partial charge is 0.340 e. The van der Waals surface area contributed by atoms with Crippen LogP contribution in [0.15, 0.2) is 66.7 Å². The van der Waals surface area contributed by atoms with Gasteiger partial charge in [0.2, 0.25) is 0 Å². The summed E-state index contributed by atoms with van der Waals surface area (Å²) in [7, 11) is 0. The molecular formula is C26H23N3O2S. The quantitative estimate of drug-likeness (QED) is 0.346. The predicted octanol–water partition coefficient (Wildman–Crippen LogP) is 5.66. The first-order valence-corrected chi connectivity index (χ1v) is 11.8. The van der Waals surface area contributed by atoms with Gasteiger partial charge >= 0.3 is 5.97 Å². The van der Waals surface area contributed by atoms with Gasteiger partial charge in [-0.2, -0.15) is 17.0 Å². The second kappa shape index (κ2) is 9.71. The van der Waals surface area contributed by atoms with Crippen LogP contribution in [0.4, 0.5) is 0 Å². The van der Waals surface area contributed by atoms with Crippen LogP contribution in [0.25, 0.3) is 22.2 Å². The van der Waals surface area contributed by atoms with Crippen molar-refractivity contribution in [2.75, 3.05) is 12.9 Å². The molecule has 6 heteroatoms. The maximum atomic E-state index is 12.6. The Bertz CT molecular complexity index is 1300. The number of imidazole rings is 1. The Morgan fingerprint density at radius 1 is 1.09 bits per heavy atom. The molecule has 4 rings (SSSR count). The first-order chi connectivity index (χ1) is 15.7. The van der Waals surface area contributed by atoms with E-state index in [-0.39, 0.29) is 5.97 Å². The number of nitriles is 1.